The number of hydrogen-bond donors (Lipinski definition) is 1. The summed E-state index contributed by atoms with van der Waals surface area (Å²) in [6.07, 6.45) is 1.38. The van der Waals surface area contributed by atoms with Gasteiger partial charge in [0.1, 0.15) is 10.7 Å². The zero-order valence-electron chi connectivity index (χ0n) is 8.92. The Bertz CT molecular complexity index is 613. The van der Waals surface area contributed by atoms with E-state index in [0.717, 1.165) is 15.9 Å². The summed E-state index contributed by atoms with van der Waals surface area (Å²) in [6, 6.07) is 5.60. The van der Waals surface area contributed by atoms with E-state index in [4.69, 9.17) is 0 Å². The summed E-state index contributed by atoms with van der Waals surface area (Å²) in [5, 5.41) is 9.56. The summed E-state index contributed by atoms with van der Waals surface area (Å²) < 4.78 is 13.8. The fourth-order valence-corrected chi connectivity index (χ4v) is 1.95. The van der Waals surface area contributed by atoms with E-state index >= 15 is 0 Å². The molecule has 6 heteroatoms. The zero-order valence-corrected chi connectivity index (χ0v) is 9.74. The molecule has 0 atom stereocenters. The van der Waals surface area contributed by atoms with Crippen LogP contribution in [0.3, 0.4) is 0 Å². The van der Waals surface area contributed by atoms with Crippen molar-refractivity contribution in [1.82, 2.24) is 4.57 Å². The van der Waals surface area contributed by atoms with E-state index in [0.29, 0.717) is 10.6 Å². The van der Waals surface area contributed by atoms with Crippen molar-refractivity contribution in [3.05, 3.63) is 44.6 Å². The van der Waals surface area contributed by atoms with Crippen LogP contribution in [0.2, 0.25) is 0 Å². The Morgan fingerprint density at radius 1 is 1.41 bits per heavy atom. The van der Waals surface area contributed by atoms with Crippen molar-refractivity contribution in [1.29, 1.82) is 0 Å². The van der Waals surface area contributed by atoms with Crippen molar-refractivity contribution in [3.63, 3.8) is 0 Å². The lowest BCUT2D eigenvalue weighted by molar-refractivity contribution is 0.429. The van der Waals surface area contributed by atoms with Gasteiger partial charge in [0, 0.05) is 7.05 Å². The van der Waals surface area contributed by atoms with Crippen LogP contribution in [0.4, 0.5) is 10.1 Å². The van der Waals surface area contributed by atoms with Crippen LogP contribution in [0.5, 0.6) is 5.88 Å². The number of nitrogens with zero attached hydrogens (tertiary/aromatic N) is 2. The van der Waals surface area contributed by atoms with E-state index in [1.165, 1.54) is 37.5 Å². The predicted molar refractivity (Wildman–Crippen MR) is 64.9 cm³/mol. The van der Waals surface area contributed by atoms with Gasteiger partial charge in [-0.3, -0.25) is 14.4 Å². The zero-order chi connectivity index (χ0) is 12.4. The van der Waals surface area contributed by atoms with Gasteiger partial charge < -0.3 is 5.11 Å². The molecule has 0 radical (unpaired) electrons. The van der Waals surface area contributed by atoms with Crippen LogP contribution in [-0.4, -0.2) is 15.9 Å². The highest BCUT2D eigenvalue weighted by molar-refractivity contribution is 7.11. The van der Waals surface area contributed by atoms with Crippen molar-refractivity contribution < 1.29 is 9.50 Å². The van der Waals surface area contributed by atoms with E-state index in [-0.39, 0.29) is 16.6 Å². The van der Waals surface area contributed by atoms with Crippen LogP contribution in [0.1, 0.15) is 4.88 Å². The average Bonchev–Trinajstić information content (AvgIpc) is 2.56. The standard InChI is InChI=1S/C11H9FN2O2S/c1-14-10(15)9(17-11(14)16)6-13-8-4-2-7(12)3-5-8/h2-6,15H,1H3. The Balaban J connectivity index is 2.29. The van der Waals surface area contributed by atoms with Gasteiger partial charge in [0.05, 0.1) is 11.9 Å². The largest absolute Gasteiger partial charge is 0.493 e. The van der Waals surface area contributed by atoms with Gasteiger partial charge in [-0.1, -0.05) is 11.3 Å². The van der Waals surface area contributed by atoms with Crippen LogP contribution in [-0.2, 0) is 7.05 Å². The van der Waals surface area contributed by atoms with Crippen molar-refractivity contribution in [2.75, 3.05) is 0 Å². The van der Waals surface area contributed by atoms with Gasteiger partial charge in [0.25, 0.3) is 0 Å². The number of thiazole rings is 1. The summed E-state index contributed by atoms with van der Waals surface area (Å²) in [4.78, 5) is 15.4. The molecule has 0 aliphatic rings. The number of aliphatic imine (C=N–C) groups is 1. The second kappa shape index (κ2) is 4.50. The monoisotopic (exact) mass is 252 g/mol. The molecule has 0 aliphatic carbocycles. The van der Waals surface area contributed by atoms with Gasteiger partial charge >= 0.3 is 4.87 Å². The van der Waals surface area contributed by atoms with Gasteiger partial charge in [-0.2, -0.15) is 0 Å². The number of hydrogen-bond acceptors (Lipinski definition) is 4. The van der Waals surface area contributed by atoms with Crippen molar-refractivity contribution in [2.45, 2.75) is 0 Å². The highest BCUT2D eigenvalue weighted by Gasteiger charge is 2.08. The molecular weight excluding hydrogens is 243 g/mol. The van der Waals surface area contributed by atoms with Crippen LogP contribution in [0, 0.1) is 5.82 Å². The molecule has 2 aromatic rings. The maximum Gasteiger partial charge on any atom is 0.310 e. The summed E-state index contributed by atoms with van der Waals surface area (Å²) in [5.41, 5.74) is 0.550. The summed E-state index contributed by atoms with van der Waals surface area (Å²) in [7, 11) is 1.48. The molecule has 17 heavy (non-hydrogen) atoms. The number of benzene rings is 1. The molecular formula is C11H9FN2O2S. The first-order valence-electron chi connectivity index (χ1n) is 4.76. The quantitative estimate of drug-likeness (QED) is 0.831. The van der Waals surface area contributed by atoms with Crippen LogP contribution >= 0.6 is 11.3 Å². The number of aromatic nitrogens is 1. The van der Waals surface area contributed by atoms with Crippen LogP contribution < -0.4 is 4.87 Å². The Morgan fingerprint density at radius 2 is 2.06 bits per heavy atom. The van der Waals surface area contributed by atoms with Gasteiger partial charge in [-0.15, -0.1) is 0 Å². The second-order valence-electron chi connectivity index (χ2n) is 3.35. The molecule has 0 saturated carbocycles. The Kier molecular flexibility index (Phi) is 3.06. The summed E-state index contributed by atoms with van der Waals surface area (Å²) in [6.45, 7) is 0. The van der Waals surface area contributed by atoms with Crippen LogP contribution in [0.15, 0.2) is 34.1 Å². The molecule has 1 aromatic heterocycles. The molecule has 0 bridgehead atoms. The van der Waals surface area contributed by atoms with Crippen molar-refractivity contribution >= 4 is 23.2 Å². The number of aromatic hydroxyl groups is 1. The Labute approximate surface area is 100 Å². The van der Waals surface area contributed by atoms with E-state index in [1.807, 2.05) is 0 Å². The third kappa shape index (κ3) is 2.42. The summed E-state index contributed by atoms with van der Waals surface area (Å²) in [5.74, 6) is -0.456. The van der Waals surface area contributed by atoms with E-state index in [1.54, 1.807) is 0 Å². The van der Waals surface area contributed by atoms with Gasteiger partial charge in [0.2, 0.25) is 5.88 Å². The van der Waals surface area contributed by atoms with E-state index in [9.17, 15) is 14.3 Å². The molecule has 1 aromatic carbocycles. The molecule has 4 nitrogen and oxygen atoms in total. The fraction of sp³-hybridized carbons (Fsp3) is 0.0909. The van der Waals surface area contributed by atoms with Crippen LogP contribution in [0.25, 0.3) is 0 Å². The third-order valence-electron chi connectivity index (χ3n) is 2.17. The van der Waals surface area contributed by atoms with E-state index < -0.39 is 0 Å². The van der Waals surface area contributed by atoms with E-state index in [2.05, 4.69) is 4.99 Å². The Morgan fingerprint density at radius 3 is 2.59 bits per heavy atom. The Hall–Kier alpha value is -1.95. The molecule has 0 spiro atoms. The van der Waals surface area contributed by atoms with Gasteiger partial charge in [-0.25, -0.2) is 4.39 Å². The smallest absolute Gasteiger partial charge is 0.310 e. The lowest BCUT2D eigenvalue weighted by Gasteiger charge is -1.93. The van der Waals surface area contributed by atoms with Crippen molar-refractivity contribution in [2.24, 2.45) is 12.0 Å². The molecule has 1 heterocycles. The number of rotatable bonds is 2. The van der Waals surface area contributed by atoms with Gasteiger partial charge in [-0.05, 0) is 24.3 Å². The fourth-order valence-electron chi connectivity index (χ4n) is 1.20. The topological polar surface area (TPSA) is 54.6 Å². The highest BCUT2D eigenvalue weighted by Crippen LogP contribution is 2.18. The lowest BCUT2D eigenvalue weighted by Crippen LogP contribution is -2.05. The maximum absolute atomic E-state index is 12.6. The summed E-state index contributed by atoms with van der Waals surface area (Å²) >= 11 is 0.897. The second-order valence-corrected chi connectivity index (χ2v) is 4.34. The lowest BCUT2D eigenvalue weighted by atomic mass is 10.3. The number of halogens is 1. The minimum Gasteiger partial charge on any atom is -0.493 e. The highest BCUT2D eigenvalue weighted by atomic mass is 32.1. The molecule has 0 amide bonds. The molecule has 0 saturated heterocycles. The third-order valence-corrected chi connectivity index (χ3v) is 3.12. The predicted octanol–water partition coefficient (Wildman–Crippen LogP) is 2.04. The molecule has 0 fully saturated rings. The minimum atomic E-state index is -0.337. The van der Waals surface area contributed by atoms with Gasteiger partial charge in [0.15, 0.2) is 0 Å². The molecule has 0 unspecified atom stereocenters. The molecule has 88 valence electrons. The maximum atomic E-state index is 12.6. The first kappa shape index (κ1) is 11.5. The molecule has 0 aliphatic heterocycles. The van der Waals surface area contributed by atoms with Crippen molar-refractivity contribution in [3.8, 4) is 5.88 Å². The first-order chi connectivity index (χ1) is 8.08. The average molecular weight is 252 g/mol. The minimum absolute atomic E-state index is 0.120. The molecule has 1 N–H and O–H groups in total. The SMILES string of the molecule is Cn1c(O)c(C=Nc2ccc(F)cc2)sc1=O. The molecule has 2 rings (SSSR count). The first-order valence-corrected chi connectivity index (χ1v) is 5.58. The normalized spacial score (nSPS) is 11.2.